The molecule has 17 heavy (non-hydrogen) atoms. The predicted molar refractivity (Wildman–Crippen MR) is 74.7 cm³/mol. The second kappa shape index (κ2) is 5.67. The van der Waals surface area contributed by atoms with Crippen LogP contribution in [0, 0.1) is 5.41 Å². The molecular formula is C14H20BrNO. The molecule has 0 aliphatic carbocycles. The maximum absolute atomic E-state index is 12.2. The Hall–Kier alpha value is -0.830. The van der Waals surface area contributed by atoms with Gasteiger partial charge in [0.2, 0.25) is 5.91 Å². The summed E-state index contributed by atoms with van der Waals surface area (Å²) < 4.78 is 1.06. The normalized spacial score (nSPS) is 11.4. The summed E-state index contributed by atoms with van der Waals surface area (Å²) in [6.45, 7) is 6.70. The Kier molecular flexibility index (Phi) is 4.75. The van der Waals surface area contributed by atoms with Crippen LogP contribution in [0.15, 0.2) is 28.7 Å². The van der Waals surface area contributed by atoms with Crippen molar-refractivity contribution in [2.24, 2.45) is 5.41 Å². The van der Waals surface area contributed by atoms with Crippen LogP contribution in [0.5, 0.6) is 0 Å². The van der Waals surface area contributed by atoms with E-state index < -0.39 is 0 Å². The average Bonchev–Trinajstić information content (AvgIpc) is 2.31. The van der Waals surface area contributed by atoms with Crippen LogP contribution in [0.4, 0.5) is 0 Å². The van der Waals surface area contributed by atoms with Crippen LogP contribution in [0.1, 0.15) is 32.8 Å². The fourth-order valence-corrected chi connectivity index (χ4v) is 1.87. The molecule has 0 bridgehead atoms. The quantitative estimate of drug-likeness (QED) is 0.827. The summed E-state index contributed by atoms with van der Waals surface area (Å²) in [5.41, 5.74) is 0.875. The van der Waals surface area contributed by atoms with Gasteiger partial charge < -0.3 is 4.90 Å². The summed E-state index contributed by atoms with van der Waals surface area (Å²) in [5.74, 6) is 0.197. The molecule has 0 fully saturated rings. The summed E-state index contributed by atoms with van der Waals surface area (Å²) in [6.07, 6.45) is 0.858. The van der Waals surface area contributed by atoms with Crippen molar-refractivity contribution in [3.8, 4) is 0 Å². The van der Waals surface area contributed by atoms with E-state index in [9.17, 15) is 4.79 Å². The van der Waals surface area contributed by atoms with Crippen LogP contribution in [-0.2, 0) is 11.3 Å². The number of carbonyl (C=O) groups is 1. The van der Waals surface area contributed by atoms with E-state index in [0.717, 1.165) is 16.5 Å². The molecule has 0 saturated heterocycles. The van der Waals surface area contributed by atoms with Gasteiger partial charge in [0.1, 0.15) is 0 Å². The number of hydrogen-bond donors (Lipinski definition) is 0. The number of amides is 1. The number of carbonyl (C=O) groups excluding carboxylic acids is 1. The maximum Gasteiger partial charge on any atom is 0.228 e. The molecule has 0 atom stereocenters. The highest BCUT2D eigenvalue weighted by molar-refractivity contribution is 9.10. The van der Waals surface area contributed by atoms with Gasteiger partial charge in [-0.3, -0.25) is 4.79 Å². The van der Waals surface area contributed by atoms with E-state index in [-0.39, 0.29) is 11.3 Å². The van der Waals surface area contributed by atoms with Gasteiger partial charge in [0.05, 0.1) is 0 Å². The van der Waals surface area contributed by atoms with Crippen molar-refractivity contribution < 1.29 is 4.79 Å². The third kappa shape index (κ3) is 3.84. The van der Waals surface area contributed by atoms with Crippen LogP contribution in [0.2, 0.25) is 0 Å². The van der Waals surface area contributed by atoms with Gasteiger partial charge in [-0.1, -0.05) is 48.8 Å². The minimum atomic E-state index is -0.274. The van der Waals surface area contributed by atoms with Crippen molar-refractivity contribution in [2.45, 2.75) is 33.7 Å². The molecule has 0 aliphatic rings. The summed E-state index contributed by atoms with van der Waals surface area (Å²) in [6, 6.07) is 8.07. The highest BCUT2D eigenvalue weighted by Crippen LogP contribution is 2.23. The zero-order valence-corrected chi connectivity index (χ0v) is 12.5. The highest BCUT2D eigenvalue weighted by Gasteiger charge is 2.28. The Balaban J connectivity index is 2.69. The molecule has 1 aromatic carbocycles. The van der Waals surface area contributed by atoms with E-state index in [1.807, 2.05) is 52.1 Å². The fourth-order valence-electron chi connectivity index (χ4n) is 1.60. The number of rotatable bonds is 4. The second-order valence-electron chi connectivity index (χ2n) is 5.03. The Labute approximate surface area is 112 Å². The molecule has 0 saturated carbocycles. The van der Waals surface area contributed by atoms with Crippen molar-refractivity contribution in [1.82, 2.24) is 4.90 Å². The molecule has 0 heterocycles. The van der Waals surface area contributed by atoms with Crippen molar-refractivity contribution in [1.29, 1.82) is 0 Å². The molecule has 0 N–H and O–H groups in total. The van der Waals surface area contributed by atoms with E-state index in [2.05, 4.69) is 15.9 Å². The lowest BCUT2D eigenvalue weighted by atomic mass is 9.88. The third-order valence-electron chi connectivity index (χ3n) is 3.14. The molecule has 2 nitrogen and oxygen atoms in total. The zero-order chi connectivity index (χ0) is 13.1. The number of halogens is 1. The van der Waals surface area contributed by atoms with Crippen LogP contribution < -0.4 is 0 Å². The molecule has 0 spiro atoms. The van der Waals surface area contributed by atoms with Crippen LogP contribution in [0.25, 0.3) is 0 Å². The van der Waals surface area contributed by atoms with E-state index in [1.54, 1.807) is 4.90 Å². The molecule has 0 aromatic heterocycles. The average molecular weight is 298 g/mol. The monoisotopic (exact) mass is 297 g/mol. The van der Waals surface area contributed by atoms with Gasteiger partial charge >= 0.3 is 0 Å². The fraction of sp³-hybridized carbons (Fsp3) is 0.500. The minimum Gasteiger partial charge on any atom is -0.341 e. The van der Waals surface area contributed by atoms with E-state index in [1.165, 1.54) is 0 Å². The Morgan fingerprint density at radius 2 is 1.82 bits per heavy atom. The lowest BCUT2D eigenvalue weighted by Crippen LogP contribution is -2.37. The molecule has 94 valence electrons. The Morgan fingerprint density at radius 1 is 1.29 bits per heavy atom. The Bertz CT molecular complexity index is 384. The molecule has 1 aromatic rings. The smallest absolute Gasteiger partial charge is 0.228 e. The first kappa shape index (κ1) is 14.2. The van der Waals surface area contributed by atoms with Crippen LogP contribution in [0.3, 0.4) is 0 Å². The van der Waals surface area contributed by atoms with Gasteiger partial charge in [0.25, 0.3) is 0 Å². The first-order valence-corrected chi connectivity index (χ1v) is 6.66. The summed E-state index contributed by atoms with van der Waals surface area (Å²) in [7, 11) is 1.86. The first-order chi connectivity index (χ1) is 7.86. The largest absolute Gasteiger partial charge is 0.341 e. The molecule has 3 heteroatoms. The molecule has 0 aliphatic heterocycles. The van der Waals surface area contributed by atoms with Gasteiger partial charge in [-0.05, 0) is 24.1 Å². The second-order valence-corrected chi connectivity index (χ2v) is 5.94. The molecule has 1 amide bonds. The predicted octanol–water partition coefficient (Wildman–Crippen LogP) is 3.84. The van der Waals surface area contributed by atoms with E-state index in [4.69, 9.17) is 0 Å². The standard InChI is InChI=1S/C14H20BrNO/c1-5-14(2,3)13(17)16(4)10-11-6-8-12(15)9-7-11/h6-9H,5,10H2,1-4H3. The maximum atomic E-state index is 12.2. The summed E-state index contributed by atoms with van der Waals surface area (Å²) in [4.78, 5) is 14.0. The van der Waals surface area contributed by atoms with Gasteiger partial charge in [0.15, 0.2) is 0 Å². The molecule has 0 unspecified atom stereocenters. The first-order valence-electron chi connectivity index (χ1n) is 5.87. The van der Waals surface area contributed by atoms with Gasteiger partial charge in [-0.15, -0.1) is 0 Å². The van der Waals surface area contributed by atoms with Gasteiger partial charge in [0, 0.05) is 23.5 Å². The molecule has 0 radical (unpaired) electrons. The lowest BCUT2D eigenvalue weighted by molar-refractivity contribution is -0.139. The van der Waals surface area contributed by atoms with Gasteiger partial charge in [-0.25, -0.2) is 0 Å². The molecular weight excluding hydrogens is 278 g/mol. The zero-order valence-electron chi connectivity index (χ0n) is 11.0. The summed E-state index contributed by atoms with van der Waals surface area (Å²) >= 11 is 3.40. The number of hydrogen-bond acceptors (Lipinski definition) is 1. The van der Waals surface area contributed by atoms with E-state index in [0.29, 0.717) is 6.54 Å². The van der Waals surface area contributed by atoms with E-state index >= 15 is 0 Å². The highest BCUT2D eigenvalue weighted by atomic mass is 79.9. The third-order valence-corrected chi connectivity index (χ3v) is 3.67. The van der Waals surface area contributed by atoms with Crippen LogP contribution >= 0.6 is 15.9 Å². The van der Waals surface area contributed by atoms with Crippen molar-refractivity contribution in [3.63, 3.8) is 0 Å². The summed E-state index contributed by atoms with van der Waals surface area (Å²) in [5, 5.41) is 0. The number of benzene rings is 1. The number of nitrogens with zero attached hydrogens (tertiary/aromatic N) is 1. The van der Waals surface area contributed by atoms with Crippen molar-refractivity contribution >= 4 is 21.8 Å². The van der Waals surface area contributed by atoms with Crippen molar-refractivity contribution in [3.05, 3.63) is 34.3 Å². The Morgan fingerprint density at radius 3 is 2.29 bits per heavy atom. The minimum absolute atomic E-state index is 0.197. The lowest BCUT2D eigenvalue weighted by Gasteiger charge is -2.28. The topological polar surface area (TPSA) is 20.3 Å². The van der Waals surface area contributed by atoms with Crippen LogP contribution in [-0.4, -0.2) is 17.9 Å². The SMILES string of the molecule is CCC(C)(C)C(=O)N(C)Cc1ccc(Br)cc1. The molecule has 1 rings (SSSR count). The van der Waals surface area contributed by atoms with Crippen molar-refractivity contribution in [2.75, 3.05) is 7.05 Å². The van der Waals surface area contributed by atoms with Gasteiger partial charge in [-0.2, -0.15) is 0 Å².